The Hall–Kier alpha value is -2.23. The SMILES string of the molecule is CCSCC(O)(C(Nc1cccc2nc(C)ccc12)c1cc(Cl)cc(F)c1OC)C(F)(F)F. The summed E-state index contributed by atoms with van der Waals surface area (Å²) in [6, 6.07) is 8.66. The van der Waals surface area contributed by atoms with Crippen molar-refractivity contribution in [2.45, 2.75) is 31.7 Å². The number of pyridine rings is 1. The Labute approximate surface area is 198 Å². The van der Waals surface area contributed by atoms with Crippen LogP contribution in [0.5, 0.6) is 5.75 Å². The number of ether oxygens (including phenoxy) is 1. The number of halogens is 5. The molecular formula is C23H23ClF4N2O2S. The van der Waals surface area contributed by atoms with Crippen LogP contribution in [-0.4, -0.2) is 40.5 Å². The molecule has 0 amide bonds. The Bertz CT molecular complexity index is 1150. The van der Waals surface area contributed by atoms with Crippen molar-refractivity contribution in [1.82, 2.24) is 4.98 Å². The maximum atomic E-state index is 14.6. The highest BCUT2D eigenvalue weighted by Gasteiger charge is 2.59. The second-order valence-corrected chi connectivity index (χ2v) is 9.18. The van der Waals surface area contributed by atoms with Gasteiger partial charge in [0.1, 0.15) is 0 Å². The van der Waals surface area contributed by atoms with Gasteiger partial charge in [-0.2, -0.15) is 24.9 Å². The van der Waals surface area contributed by atoms with Crippen LogP contribution in [0.25, 0.3) is 10.9 Å². The maximum absolute atomic E-state index is 14.6. The first kappa shape index (κ1) is 25.4. The van der Waals surface area contributed by atoms with Gasteiger partial charge in [-0.25, -0.2) is 4.39 Å². The number of aliphatic hydroxyl groups is 1. The fraction of sp³-hybridized carbons (Fsp3) is 0.348. The van der Waals surface area contributed by atoms with Crippen LogP contribution < -0.4 is 10.1 Å². The molecule has 0 bridgehead atoms. The van der Waals surface area contributed by atoms with Crippen LogP contribution in [-0.2, 0) is 0 Å². The number of hydrogen-bond acceptors (Lipinski definition) is 5. The Morgan fingerprint density at radius 1 is 1.21 bits per heavy atom. The van der Waals surface area contributed by atoms with Crippen molar-refractivity contribution in [2.24, 2.45) is 0 Å². The second kappa shape index (κ2) is 9.95. The molecule has 4 nitrogen and oxygen atoms in total. The topological polar surface area (TPSA) is 54.4 Å². The van der Waals surface area contributed by atoms with Gasteiger partial charge >= 0.3 is 6.18 Å². The molecule has 178 valence electrons. The van der Waals surface area contributed by atoms with Gasteiger partial charge in [-0.1, -0.05) is 24.6 Å². The van der Waals surface area contributed by atoms with E-state index in [2.05, 4.69) is 10.3 Å². The summed E-state index contributed by atoms with van der Waals surface area (Å²) >= 11 is 6.92. The number of rotatable bonds is 8. The van der Waals surface area contributed by atoms with Gasteiger partial charge in [0, 0.05) is 33.1 Å². The summed E-state index contributed by atoms with van der Waals surface area (Å²) in [5.74, 6) is -1.72. The third kappa shape index (κ3) is 5.15. The first-order valence-electron chi connectivity index (χ1n) is 10.0. The number of nitrogens with zero attached hydrogens (tertiary/aromatic N) is 1. The third-order valence-corrected chi connectivity index (χ3v) is 6.49. The number of fused-ring (bicyclic) bond motifs is 1. The number of alkyl halides is 3. The predicted octanol–water partition coefficient (Wildman–Crippen LogP) is 6.54. The van der Waals surface area contributed by atoms with E-state index < -0.39 is 35.1 Å². The van der Waals surface area contributed by atoms with Gasteiger partial charge in [0.2, 0.25) is 0 Å². The minimum absolute atomic E-state index is 0.127. The van der Waals surface area contributed by atoms with Crippen molar-refractivity contribution in [3.8, 4) is 5.75 Å². The summed E-state index contributed by atoms with van der Waals surface area (Å²) in [7, 11) is 1.14. The van der Waals surface area contributed by atoms with Gasteiger partial charge in [0.25, 0.3) is 0 Å². The average molecular weight is 503 g/mol. The lowest BCUT2D eigenvalue weighted by Crippen LogP contribution is -2.54. The molecular weight excluding hydrogens is 480 g/mol. The van der Waals surface area contributed by atoms with Gasteiger partial charge in [-0.05, 0) is 49.1 Å². The van der Waals surface area contributed by atoms with Crippen LogP contribution >= 0.6 is 23.4 Å². The number of aromatic nitrogens is 1. The summed E-state index contributed by atoms with van der Waals surface area (Å²) in [5.41, 5.74) is -1.95. The fourth-order valence-corrected chi connectivity index (χ4v) is 4.65. The van der Waals surface area contributed by atoms with Crippen LogP contribution in [0.2, 0.25) is 5.02 Å². The molecule has 0 radical (unpaired) electrons. The Morgan fingerprint density at radius 2 is 1.94 bits per heavy atom. The number of anilines is 1. The largest absolute Gasteiger partial charge is 0.493 e. The van der Waals surface area contributed by atoms with Crippen LogP contribution in [0.3, 0.4) is 0 Å². The van der Waals surface area contributed by atoms with Crippen LogP contribution in [0.1, 0.15) is 24.2 Å². The van der Waals surface area contributed by atoms with E-state index in [0.29, 0.717) is 16.7 Å². The molecule has 0 fully saturated rings. The van der Waals surface area contributed by atoms with E-state index >= 15 is 0 Å². The highest BCUT2D eigenvalue weighted by Crippen LogP contribution is 2.47. The number of aryl methyl sites for hydroxylation is 1. The smallest absolute Gasteiger partial charge is 0.420 e. The van der Waals surface area contributed by atoms with E-state index in [9.17, 15) is 22.7 Å². The molecule has 10 heteroatoms. The van der Waals surface area contributed by atoms with Crippen molar-refractivity contribution in [2.75, 3.05) is 23.9 Å². The zero-order valence-corrected chi connectivity index (χ0v) is 19.7. The van der Waals surface area contributed by atoms with Crippen molar-refractivity contribution in [3.05, 3.63) is 64.6 Å². The van der Waals surface area contributed by atoms with Gasteiger partial charge in [-0.15, -0.1) is 0 Å². The lowest BCUT2D eigenvalue weighted by Gasteiger charge is -2.39. The zero-order chi connectivity index (χ0) is 24.4. The van der Waals surface area contributed by atoms with Gasteiger partial charge in [0.15, 0.2) is 17.2 Å². The standard InChI is InChI=1S/C23H23ClF4N2O2S/c1-4-33-12-22(31,23(26,27)28)21(16-10-14(24)11-17(25)20(16)32-3)30-19-7-5-6-18-15(19)9-8-13(2)29-18/h5-11,21,30-31H,4,12H2,1-3H3. The number of benzene rings is 2. The van der Waals surface area contributed by atoms with Crippen LogP contribution in [0.15, 0.2) is 42.5 Å². The maximum Gasteiger partial charge on any atom is 0.420 e. The van der Waals surface area contributed by atoms with Gasteiger partial charge in [-0.3, -0.25) is 4.98 Å². The molecule has 2 N–H and O–H groups in total. The molecule has 33 heavy (non-hydrogen) atoms. The van der Waals surface area contributed by atoms with Crippen molar-refractivity contribution < 1.29 is 27.4 Å². The van der Waals surface area contributed by atoms with Crippen LogP contribution in [0, 0.1) is 12.7 Å². The van der Waals surface area contributed by atoms with Crippen molar-refractivity contribution >= 4 is 40.0 Å². The third-order valence-electron chi connectivity index (χ3n) is 5.22. The molecule has 0 spiro atoms. The molecule has 0 aliphatic heterocycles. The Morgan fingerprint density at radius 3 is 2.58 bits per heavy atom. The Balaban J connectivity index is 2.27. The summed E-state index contributed by atoms with van der Waals surface area (Å²) in [6.07, 6.45) is -5.06. The number of methoxy groups -OCH3 is 1. The summed E-state index contributed by atoms with van der Waals surface area (Å²) in [6.45, 7) is 3.48. The number of nitrogens with one attached hydrogen (secondary N) is 1. The molecule has 2 aromatic carbocycles. The van der Waals surface area contributed by atoms with E-state index in [0.717, 1.165) is 30.6 Å². The van der Waals surface area contributed by atoms with E-state index in [1.807, 2.05) is 0 Å². The molecule has 2 unspecified atom stereocenters. The molecule has 0 saturated carbocycles. The van der Waals surface area contributed by atoms with Gasteiger partial charge in [0.05, 0.1) is 18.7 Å². The lowest BCUT2D eigenvalue weighted by molar-refractivity contribution is -0.256. The first-order valence-corrected chi connectivity index (χ1v) is 11.6. The van der Waals surface area contributed by atoms with Crippen molar-refractivity contribution in [1.29, 1.82) is 0 Å². The first-order chi connectivity index (χ1) is 15.5. The Kier molecular flexibility index (Phi) is 7.65. The number of hydrogen-bond donors (Lipinski definition) is 2. The number of thioether (sulfide) groups is 1. The molecule has 2 atom stereocenters. The minimum Gasteiger partial charge on any atom is -0.493 e. The minimum atomic E-state index is -5.06. The van der Waals surface area contributed by atoms with E-state index in [4.69, 9.17) is 16.3 Å². The van der Waals surface area contributed by atoms with E-state index in [1.54, 1.807) is 44.2 Å². The summed E-state index contributed by atoms with van der Waals surface area (Å²) in [5, 5.41) is 14.4. The zero-order valence-electron chi connectivity index (χ0n) is 18.1. The fourth-order valence-electron chi connectivity index (χ4n) is 3.59. The molecule has 0 aliphatic carbocycles. The van der Waals surface area contributed by atoms with E-state index in [1.165, 1.54) is 6.07 Å². The van der Waals surface area contributed by atoms with Crippen LogP contribution in [0.4, 0.5) is 23.2 Å². The second-order valence-electron chi connectivity index (χ2n) is 7.47. The summed E-state index contributed by atoms with van der Waals surface area (Å²) in [4.78, 5) is 4.40. The monoisotopic (exact) mass is 502 g/mol. The van der Waals surface area contributed by atoms with E-state index in [-0.39, 0.29) is 16.3 Å². The quantitative estimate of drug-likeness (QED) is 0.342. The highest BCUT2D eigenvalue weighted by atomic mass is 35.5. The predicted molar refractivity (Wildman–Crippen MR) is 125 cm³/mol. The molecule has 3 rings (SSSR count). The molecule has 3 aromatic rings. The van der Waals surface area contributed by atoms with Gasteiger partial charge < -0.3 is 15.2 Å². The molecule has 1 aromatic heterocycles. The lowest BCUT2D eigenvalue weighted by atomic mass is 9.88. The average Bonchev–Trinajstić information content (AvgIpc) is 2.74. The molecule has 0 saturated heterocycles. The molecule has 0 aliphatic rings. The van der Waals surface area contributed by atoms with Crippen molar-refractivity contribution in [3.63, 3.8) is 0 Å². The normalized spacial score (nSPS) is 14.7. The highest BCUT2D eigenvalue weighted by molar-refractivity contribution is 7.99. The summed E-state index contributed by atoms with van der Waals surface area (Å²) < 4.78 is 62.9. The molecule has 1 heterocycles.